The molecule has 0 unspecified atom stereocenters. The second kappa shape index (κ2) is 5.78. The number of carbonyl (C=O) groups excluding carboxylic acids is 1. The van der Waals surface area contributed by atoms with Crippen LogP contribution in [0.15, 0.2) is 24.5 Å². The van der Waals surface area contributed by atoms with Gasteiger partial charge in [-0.05, 0) is 5.56 Å². The third kappa shape index (κ3) is 2.71. The molecule has 9 heteroatoms. The zero-order chi connectivity index (χ0) is 14.5. The monoisotopic (exact) mass is 278 g/mol. The van der Waals surface area contributed by atoms with E-state index < -0.39 is 16.5 Å². The Kier molecular flexibility index (Phi) is 3.89. The van der Waals surface area contributed by atoms with Crippen molar-refractivity contribution in [1.82, 2.24) is 15.5 Å². The second-order valence-corrected chi connectivity index (χ2v) is 3.80. The number of amides is 1. The minimum absolute atomic E-state index is 0.227. The molecule has 2 rings (SSSR count). The Bertz CT molecular complexity index is 625. The van der Waals surface area contributed by atoms with Crippen LogP contribution < -0.4 is 15.0 Å². The molecule has 0 aliphatic carbocycles. The lowest BCUT2D eigenvalue weighted by Gasteiger charge is -2.02. The fraction of sp³-hybridized carbons (Fsp3) is 0.182. The van der Waals surface area contributed by atoms with Gasteiger partial charge in [-0.1, -0.05) is 0 Å². The van der Waals surface area contributed by atoms with Crippen molar-refractivity contribution in [2.75, 3.05) is 7.11 Å². The molecule has 0 saturated heterocycles. The van der Waals surface area contributed by atoms with E-state index in [1.165, 1.54) is 7.11 Å². The van der Waals surface area contributed by atoms with Gasteiger partial charge in [-0.15, -0.1) is 5.10 Å². The number of rotatable bonds is 5. The average Bonchev–Trinajstić information content (AvgIpc) is 2.90. The number of aromatic amines is 2. The Balaban J connectivity index is 2.14. The van der Waals surface area contributed by atoms with E-state index in [4.69, 9.17) is 4.74 Å². The molecular formula is C11H12N5O4+. The first-order valence-corrected chi connectivity index (χ1v) is 5.63. The van der Waals surface area contributed by atoms with Crippen LogP contribution in [-0.4, -0.2) is 28.1 Å². The molecular weight excluding hydrogens is 266 g/mol. The van der Waals surface area contributed by atoms with Gasteiger partial charge in [0.15, 0.2) is 12.4 Å². The fourth-order valence-corrected chi connectivity index (χ4v) is 1.60. The number of pyridine rings is 1. The Labute approximate surface area is 113 Å². The van der Waals surface area contributed by atoms with Crippen LogP contribution in [0, 0.1) is 10.1 Å². The molecule has 2 aromatic rings. The topological polar surface area (TPSA) is 124 Å². The Morgan fingerprint density at radius 1 is 1.55 bits per heavy atom. The highest BCUT2D eigenvalue weighted by Gasteiger charge is 2.29. The molecule has 3 N–H and O–H groups in total. The molecule has 9 nitrogen and oxygen atoms in total. The molecule has 0 aliphatic heterocycles. The highest BCUT2D eigenvalue weighted by molar-refractivity contribution is 5.96. The number of nitrogens with zero attached hydrogens (tertiary/aromatic N) is 2. The minimum atomic E-state index is -0.714. The molecule has 1 amide bonds. The first kappa shape index (κ1) is 13.5. The molecule has 2 heterocycles. The van der Waals surface area contributed by atoms with E-state index in [0.717, 1.165) is 5.56 Å². The van der Waals surface area contributed by atoms with Crippen LogP contribution in [0.5, 0.6) is 5.88 Å². The van der Waals surface area contributed by atoms with Crippen LogP contribution in [0.1, 0.15) is 16.1 Å². The predicted molar refractivity (Wildman–Crippen MR) is 66.0 cm³/mol. The van der Waals surface area contributed by atoms with Gasteiger partial charge in [-0.25, -0.2) is 4.98 Å². The third-order valence-electron chi connectivity index (χ3n) is 2.55. The number of nitro groups is 1. The van der Waals surface area contributed by atoms with Crippen molar-refractivity contribution in [1.29, 1.82) is 0 Å². The Morgan fingerprint density at radius 3 is 2.85 bits per heavy atom. The smallest absolute Gasteiger partial charge is 0.362 e. The van der Waals surface area contributed by atoms with E-state index in [1.54, 1.807) is 24.5 Å². The lowest BCUT2D eigenvalue weighted by atomic mass is 10.2. The molecule has 0 fully saturated rings. The zero-order valence-corrected chi connectivity index (χ0v) is 10.5. The summed E-state index contributed by atoms with van der Waals surface area (Å²) in [7, 11) is 1.24. The Morgan fingerprint density at radius 2 is 2.25 bits per heavy atom. The summed E-state index contributed by atoms with van der Waals surface area (Å²) in [6, 6.07) is 3.56. The van der Waals surface area contributed by atoms with E-state index in [0.29, 0.717) is 0 Å². The van der Waals surface area contributed by atoms with E-state index in [9.17, 15) is 14.9 Å². The van der Waals surface area contributed by atoms with E-state index in [2.05, 4.69) is 20.5 Å². The molecule has 0 atom stereocenters. The number of hydrogen-bond acceptors (Lipinski definition) is 5. The summed E-state index contributed by atoms with van der Waals surface area (Å²) in [5, 5.41) is 19.4. The molecule has 0 spiro atoms. The van der Waals surface area contributed by atoms with Gasteiger partial charge >= 0.3 is 11.6 Å². The number of methoxy groups -OCH3 is 1. The first-order chi connectivity index (χ1) is 9.63. The van der Waals surface area contributed by atoms with Crippen LogP contribution in [-0.2, 0) is 6.54 Å². The van der Waals surface area contributed by atoms with Gasteiger partial charge < -0.3 is 10.1 Å². The van der Waals surface area contributed by atoms with Crippen molar-refractivity contribution in [2.45, 2.75) is 6.54 Å². The largest absolute Gasteiger partial charge is 0.475 e. The SMILES string of the molecule is COc1n[nH]c(C(=O)NCc2cc[nH+]cc2)c1[N+](=O)[O-]. The van der Waals surface area contributed by atoms with Crippen molar-refractivity contribution in [3.8, 4) is 5.88 Å². The summed E-state index contributed by atoms with van der Waals surface area (Å²) in [6.07, 6.45) is 3.42. The van der Waals surface area contributed by atoms with Crippen molar-refractivity contribution in [3.63, 3.8) is 0 Å². The predicted octanol–water partition coefficient (Wildman–Crippen LogP) is 0.0706. The molecule has 104 valence electrons. The molecule has 0 aliphatic rings. The summed E-state index contributed by atoms with van der Waals surface area (Å²) in [5.74, 6) is -0.852. The molecule has 0 bridgehead atoms. The summed E-state index contributed by atoms with van der Waals surface area (Å²) in [5.41, 5.74) is 0.131. The van der Waals surface area contributed by atoms with Crippen molar-refractivity contribution in [2.24, 2.45) is 0 Å². The van der Waals surface area contributed by atoms with Gasteiger partial charge in [0.25, 0.3) is 5.91 Å². The number of aromatic nitrogens is 3. The average molecular weight is 278 g/mol. The van der Waals surface area contributed by atoms with Crippen molar-refractivity contribution in [3.05, 3.63) is 45.9 Å². The van der Waals surface area contributed by atoms with Gasteiger partial charge in [-0.3, -0.25) is 20.0 Å². The maximum Gasteiger partial charge on any atom is 0.362 e. The fourth-order valence-electron chi connectivity index (χ4n) is 1.60. The Hall–Kier alpha value is -2.97. The van der Waals surface area contributed by atoms with E-state index >= 15 is 0 Å². The lowest BCUT2D eigenvalue weighted by Crippen LogP contribution is -2.24. The normalized spacial score (nSPS) is 10.1. The van der Waals surface area contributed by atoms with Crippen LogP contribution in [0.2, 0.25) is 0 Å². The molecule has 0 aromatic carbocycles. The summed E-state index contributed by atoms with van der Waals surface area (Å²) in [4.78, 5) is 25.0. The first-order valence-electron chi connectivity index (χ1n) is 5.63. The number of hydrogen-bond donors (Lipinski definition) is 2. The van der Waals surface area contributed by atoms with Crippen LogP contribution in [0.4, 0.5) is 5.69 Å². The van der Waals surface area contributed by atoms with Gasteiger partial charge in [0.2, 0.25) is 5.69 Å². The maximum absolute atomic E-state index is 11.9. The van der Waals surface area contributed by atoms with Crippen LogP contribution in [0.25, 0.3) is 0 Å². The summed E-state index contributed by atoms with van der Waals surface area (Å²) >= 11 is 0. The number of nitrogens with one attached hydrogen (secondary N) is 3. The zero-order valence-electron chi connectivity index (χ0n) is 10.5. The van der Waals surface area contributed by atoms with Gasteiger partial charge in [-0.2, -0.15) is 0 Å². The highest BCUT2D eigenvalue weighted by Crippen LogP contribution is 2.27. The summed E-state index contributed by atoms with van der Waals surface area (Å²) in [6.45, 7) is 0.242. The quantitative estimate of drug-likeness (QED) is 0.591. The van der Waals surface area contributed by atoms with Crippen LogP contribution in [0.3, 0.4) is 0 Å². The number of H-pyrrole nitrogens is 2. The standard InChI is InChI=1S/C11H11N5O4/c1-20-11-9(16(18)19)8(14-15-11)10(17)13-6-7-2-4-12-5-3-7/h2-5H,6H2,1H3,(H,13,17)(H,14,15)/p+1. The van der Waals surface area contributed by atoms with Gasteiger partial charge in [0, 0.05) is 18.7 Å². The molecule has 0 radical (unpaired) electrons. The third-order valence-corrected chi connectivity index (χ3v) is 2.55. The second-order valence-electron chi connectivity index (χ2n) is 3.80. The van der Waals surface area contributed by atoms with Crippen molar-refractivity contribution < 1.29 is 19.4 Å². The molecule has 0 saturated carbocycles. The lowest BCUT2D eigenvalue weighted by molar-refractivity contribution is -0.386. The van der Waals surface area contributed by atoms with E-state index in [-0.39, 0.29) is 18.1 Å². The van der Waals surface area contributed by atoms with Gasteiger partial charge in [0.05, 0.1) is 12.0 Å². The highest BCUT2D eigenvalue weighted by atomic mass is 16.6. The molecule has 20 heavy (non-hydrogen) atoms. The van der Waals surface area contributed by atoms with Crippen molar-refractivity contribution >= 4 is 11.6 Å². The molecule has 2 aromatic heterocycles. The number of carbonyl (C=O) groups is 1. The van der Waals surface area contributed by atoms with E-state index in [1.807, 2.05) is 0 Å². The summed E-state index contributed by atoms with van der Waals surface area (Å²) < 4.78 is 4.73. The number of ether oxygens (including phenoxy) is 1. The van der Waals surface area contributed by atoms with Crippen LogP contribution >= 0.6 is 0 Å². The maximum atomic E-state index is 11.9. The van der Waals surface area contributed by atoms with Gasteiger partial charge in [0.1, 0.15) is 0 Å². The minimum Gasteiger partial charge on any atom is -0.475 e.